The smallest absolute Gasteiger partial charge is 0.338 e. The average molecular weight is 550 g/mol. The summed E-state index contributed by atoms with van der Waals surface area (Å²) in [6.07, 6.45) is 0. The molecule has 0 bridgehead atoms. The lowest BCUT2D eigenvalue weighted by molar-refractivity contribution is -0.120. The lowest BCUT2D eigenvalue weighted by Crippen LogP contribution is -2.32. The van der Waals surface area contributed by atoms with Crippen LogP contribution >= 0.6 is 11.6 Å². The van der Waals surface area contributed by atoms with Gasteiger partial charge in [0.05, 0.1) is 32.1 Å². The largest absolute Gasteiger partial charge is 0.497 e. The number of esters is 1. The van der Waals surface area contributed by atoms with E-state index in [9.17, 15) is 19.2 Å². The fraction of sp³-hybridized carbons (Fsp3) is 0.143. The van der Waals surface area contributed by atoms with E-state index in [-0.39, 0.29) is 34.7 Å². The molecule has 0 atom stereocenters. The van der Waals surface area contributed by atoms with Gasteiger partial charge in [-0.2, -0.15) is 0 Å². The van der Waals surface area contributed by atoms with Crippen molar-refractivity contribution in [3.05, 3.63) is 88.6 Å². The SMILES string of the molecule is CCOC(=O)c1ccc(NC(=O)c2ccc(NC3=C(Cl)C(=O)N(c4cc(OC)ccc4OC)C3=O)cc2)cc1. The normalized spacial score (nSPS) is 12.9. The zero-order valence-corrected chi connectivity index (χ0v) is 22.0. The van der Waals surface area contributed by atoms with Crippen molar-refractivity contribution in [2.75, 3.05) is 36.4 Å². The van der Waals surface area contributed by atoms with Crippen molar-refractivity contribution >= 4 is 52.4 Å². The van der Waals surface area contributed by atoms with Gasteiger partial charge >= 0.3 is 5.97 Å². The zero-order valence-electron chi connectivity index (χ0n) is 21.2. The first-order valence-electron chi connectivity index (χ1n) is 11.7. The molecule has 0 spiro atoms. The average Bonchev–Trinajstić information content (AvgIpc) is 3.16. The first kappa shape index (κ1) is 27.2. The van der Waals surface area contributed by atoms with Crippen molar-refractivity contribution in [3.63, 3.8) is 0 Å². The van der Waals surface area contributed by atoms with Gasteiger partial charge in [-0.3, -0.25) is 14.4 Å². The highest BCUT2D eigenvalue weighted by Gasteiger charge is 2.40. The number of methoxy groups -OCH3 is 2. The number of amides is 3. The van der Waals surface area contributed by atoms with Crippen LogP contribution in [0.15, 0.2) is 77.5 Å². The van der Waals surface area contributed by atoms with Gasteiger partial charge < -0.3 is 24.8 Å². The molecule has 4 rings (SSSR count). The van der Waals surface area contributed by atoms with Crippen molar-refractivity contribution in [3.8, 4) is 11.5 Å². The number of ether oxygens (including phenoxy) is 3. The van der Waals surface area contributed by atoms with Gasteiger partial charge in [0.15, 0.2) is 0 Å². The molecule has 1 heterocycles. The Kier molecular flexibility index (Phi) is 8.16. The van der Waals surface area contributed by atoms with E-state index in [4.69, 9.17) is 25.8 Å². The van der Waals surface area contributed by atoms with Crippen LogP contribution in [-0.4, -0.2) is 44.5 Å². The molecule has 3 aromatic carbocycles. The number of benzene rings is 3. The molecule has 0 aromatic heterocycles. The molecule has 200 valence electrons. The highest BCUT2D eigenvalue weighted by Crippen LogP contribution is 2.38. The molecule has 0 radical (unpaired) electrons. The molecule has 0 saturated carbocycles. The quantitative estimate of drug-likeness (QED) is 0.294. The minimum Gasteiger partial charge on any atom is -0.497 e. The Morgan fingerprint density at radius 2 is 1.49 bits per heavy atom. The number of anilines is 3. The highest BCUT2D eigenvalue weighted by molar-refractivity contribution is 6.53. The van der Waals surface area contributed by atoms with Gasteiger partial charge in [0.25, 0.3) is 17.7 Å². The van der Waals surface area contributed by atoms with Gasteiger partial charge in [0, 0.05) is 23.0 Å². The van der Waals surface area contributed by atoms with Gasteiger partial charge in [-0.25, -0.2) is 9.69 Å². The van der Waals surface area contributed by atoms with E-state index in [2.05, 4.69) is 10.6 Å². The molecule has 0 unspecified atom stereocenters. The van der Waals surface area contributed by atoms with Crippen LogP contribution in [0.4, 0.5) is 17.1 Å². The molecular formula is C28H24ClN3O7. The Labute approximate surface area is 229 Å². The highest BCUT2D eigenvalue weighted by atomic mass is 35.5. The Bertz CT molecular complexity index is 1470. The molecule has 0 aliphatic carbocycles. The van der Waals surface area contributed by atoms with E-state index in [0.29, 0.717) is 28.3 Å². The summed E-state index contributed by atoms with van der Waals surface area (Å²) in [4.78, 5) is 51.4. The van der Waals surface area contributed by atoms with Gasteiger partial charge in [0.1, 0.15) is 22.2 Å². The number of hydrogen-bond acceptors (Lipinski definition) is 8. The van der Waals surface area contributed by atoms with Crippen molar-refractivity contribution in [2.24, 2.45) is 0 Å². The number of imide groups is 1. The first-order chi connectivity index (χ1) is 18.8. The molecular weight excluding hydrogens is 526 g/mol. The summed E-state index contributed by atoms with van der Waals surface area (Å²) >= 11 is 6.25. The number of rotatable bonds is 9. The zero-order chi connectivity index (χ0) is 28.1. The third-order valence-corrected chi connectivity index (χ3v) is 6.08. The Morgan fingerprint density at radius 1 is 0.846 bits per heavy atom. The van der Waals surface area contributed by atoms with Gasteiger partial charge in [-0.05, 0) is 67.6 Å². The summed E-state index contributed by atoms with van der Waals surface area (Å²) < 4.78 is 15.5. The van der Waals surface area contributed by atoms with E-state index in [1.165, 1.54) is 20.3 Å². The maximum Gasteiger partial charge on any atom is 0.338 e. The van der Waals surface area contributed by atoms with Gasteiger partial charge in [0.2, 0.25) is 0 Å². The van der Waals surface area contributed by atoms with E-state index in [0.717, 1.165) is 4.90 Å². The van der Waals surface area contributed by atoms with Crippen LogP contribution in [-0.2, 0) is 14.3 Å². The molecule has 3 amide bonds. The number of carbonyl (C=O) groups excluding carboxylic acids is 4. The fourth-order valence-corrected chi connectivity index (χ4v) is 3.97. The number of carbonyl (C=O) groups is 4. The third-order valence-electron chi connectivity index (χ3n) is 5.72. The monoisotopic (exact) mass is 549 g/mol. The van der Waals surface area contributed by atoms with Crippen LogP contribution in [0.5, 0.6) is 11.5 Å². The molecule has 2 N–H and O–H groups in total. The molecule has 1 aliphatic rings. The maximum atomic E-state index is 13.2. The summed E-state index contributed by atoms with van der Waals surface area (Å²) in [7, 11) is 2.88. The molecule has 11 heteroatoms. The third kappa shape index (κ3) is 5.70. The number of halogens is 1. The lowest BCUT2D eigenvalue weighted by Gasteiger charge is -2.19. The molecule has 0 fully saturated rings. The van der Waals surface area contributed by atoms with Crippen LogP contribution in [0.2, 0.25) is 0 Å². The van der Waals surface area contributed by atoms with Crippen LogP contribution in [0.1, 0.15) is 27.6 Å². The Morgan fingerprint density at radius 3 is 2.10 bits per heavy atom. The van der Waals surface area contributed by atoms with E-state index < -0.39 is 17.8 Å². The number of hydrogen-bond donors (Lipinski definition) is 2. The summed E-state index contributed by atoms with van der Waals surface area (Å²) in [5, 5.41) is 5.32. The summed E-state index contributed by atoms with van der Waals surface area (Å²) in [6, 6.07) is 17.3. The van der Waals surface area contributed by atoms with Crippen molar-refractivity contribution < 1.29 is 33.4 Å². The second-order valence-corrected chi connectivity index (χ2v) is 8.50. The van der Waals surface area contributed by atoms with E-state index >= 15 is 0 Å². The number of nitrogens with zero attached hydrogens (tertiary/aromatic N) is 1. The lowest BCUT2D eigenvalue weighted by atomic mass is 10.1. The summed E-state index contributed by atoms with van der Waals surface area (Å²) in [5.74, 6) is -1.51. The molecule has 1 aliphatic heterocycles. The van der Waals surface area contributed by atoms with E-state index in [1.54, 1.807) is 67.6 Å². The maximum absolute atomic E-state index is 13.2. The molecule has 39 heavy (non-hydrogen) atoms. The topological polar surface area (TPSA) is 123 Å². The Hall–Kier alpha value is -4.83. The minimum atomic E-state index is -0.722. The Balaban J connectivity index is 1.46. The molecule has 3 aromatic rings. The van der Waals surface area contributed by atoms with Crippen LogP contribution in [0.3, 0.4) is 0 Å². The fourth-order valence-electron chi connectivity index (χ4n) is 3.76. The minimum absolute atomic E-state index is 0.120. The summed E-state index contributed by atoms with van der Waals surface area (Å²) in [5.41, 5.74) is 1.71. The second-order valence-electron chi connectivity index (χ2n) is 8.13. The molecule has 0 saturated heterocycles. The van der Waals surface area contributed by atoms with Gasteiger partial charge in [-0.15, -0.1) is 0 Å². The second kappa shape index (κ2) is 11.7. The van der Waals surface area contributed by atoms with Crippen LogP contribution in [0, 0.1) is 0 Å². The first-order valence-corrected chi connectivity index (χ1v) is 12.1. The van der Waals surface area contributed by atoms with Crippen LogP contribution < -0.4 is 25.0 Å². The van der Waals surface area contributed by atoms with Crippen molar-refractivity contribution in [1.29, 1.82) is 0 Å². The van der Waals surface area contributed by atoms with Crippen molar-refractivity contribution in [2.45, 2.75) is 6.92 Å². The number of nitrogens with one attached hydrogen (secondary N) is 2. The van der Waals surface area contributed by atoms with Gasteiger partial charge in [-0.1, -0.05) is 11.6 Å². The standard InChI is InChI=1S/C28H24ClN3O7/c1-4-39-28(36)17-7-11-19(12-8-17)31-25(33)16-5-9-18(10-6-16)30-24-23(29)26(34)32(27(24)35)21-15-20(37-2)13-14-22(21)38-3/h5-15,30H,4H2,1-3H3,(H,31,33). The van der Waals surface area contributed by atoms with Crippen molar-refractivity contribution in [1.82, 2.24) is 0 Å². The summed E-state index contributed by atoms with van der Waals surface area (Å²) in [6.45, 7) is 1.99. The predicted molar refractivity (Wildman–Crippen MR) is 145 cm³/mol. The predicted octanol–water partition coefficient (Wildman–Crippen LogP) is 4.57. The van der Waals surface area contributed by atoms with E-state index in [1.807, 2.05) is 0 Å². The molecule has 10 nitrogen and oxygen atoms in total. The van der Waals surface area contributed by atoms with Crippen LogP contribution in [0.25, 0.3) is 0 Å².